The summed E-state index contributed by atoms with van der Waals surface area (Å²) >= 11 is 0. The van der Waals surface area contributed by atoms with Gasteiger partial charge in [-0.2, -0.15) is 0 Å². The zero-order chi connectivity index (χ0) is 12.5. The van der Waals surface area contributed by atoms with Gasteiger partial charge in [0.1, 0.15) is 0 Å². The fourth-order valence-electron chi connectivity index (χ4n) is 2.49. The van der Waals surface area contributed by atoms with Crippen molar-refractivity contribution in [3.63, 3.8) is 0 Å². The molecule has 0 radical (unpaired) electrons. The number of aliphatic hydroxyl groups excluding tert-OH is 1. The van der Waals surface area contributed by atoms with Crippen molar-refractivity contribution in [1.82, 2.24) is 4.90 Å². The Hall–Kier alpha value is -0.650. The molecule has 0 aromatic carbocycles. The second kappa shape index (κ2) is 4.92. The van der Waals surface area contributed by atoms with Crippen LogP contribution in [0.25, 0.3) is 0 Å². The first-order chi connectivity index (χ1) is 8.04. The van der Waals surface area contributed by atoms with Crippen molar-refractivity contribution in [1.29, 1.82) is 0 Å². The fourth-order valence-corrected chi connectivity index (χ4v) is 2.49. The third-order valence-electron chi connectivity index (χ3n) is 3.88. The van der Waals surface area contributed by atoms with Gasteiger partial charge in [-0.3, -0.25) is 4.79 Å². The number of aliphatic hydroxyl groups is 1. The van der Waals surface area contributed by atoms with E-state index in [2.05, 4.69) is 0 Å². The van der Waals surface area contributed by atoms with E-state index in [1.54, 1.807) is 4.90 Å². The molecule has 0 spiro atoms. The third kappa shape index (κ3) is 2.78. The van der Waals surface area contributed by atoms with Crippen LogP contribution in [0.3, 0.4) is 0 Å². The highest BCUT2D eigenvalue weighted by Gasteiger charge is 2.38. The highest BCUT2D eigenvalue weighted by atomic mass is 16.5. The highest BCUT2D eigenvalue weighted by molar-refractivity contribution is 5.78. The summed E-state index contributed by atoms with van der Waals surface area (Å²) in [6.07, 6.45) is 3.20. The molecule has 2 atom stereocenters. The number of nitrogens with zero attached hydrogens (tertiary/aromatic N) is 1. The van der Waals surface area contributed by atoms with Crippen LogP contribution < -0.4 is 5.73 Å². The van der Waals surface area contributed by atoms with Gasteiger partial charge in [0.2, 0.25) is 5.91 Å². The van der Waals surface area contributed by atoms with Crippen molar-refractivity contribution in [2.45, 2.75) is 50.3 Å². The molecule has 0 bridgehead atoms. The molecule has 3 N–H and O–H groups in total. The number of rotatable bonds is 3. The summed E-state index contributed by atoms with van der Waals surface area (Å²) in [5.74, 6) is 0.0986. The second-order valence-corrected chi connectivity index (χ2v) is 5.43. The molecule has 1 saturated carbocycles. The van der Waals surface area contributed by atoms with Gasteiger partial charge in [-0.05, 0) is 26.2 Å². The number of carbonyl (C=O) groups excluding carboxylic acids is 1. The standard InChI is InChI=1S/C12H22N2O3/c1-9-8-17-10(7-15)6-14(9)11(16)5-12(13)3-2-4-12/h9-10,15H,2-8,13H2,1H3. The summed E-state index contributed by atoms with van der Waals surface area (Å²) < 4.78 is 5.42. The molecular weight excluding hydrogens is 220 g/mol. The molecule has 0 aromatic rings. The molecule has 17 heavy (non-hydrogen) atoms. The van der Waals surface area contributed by atoms with E-state index in [0.717, 1.165) is 19.3 Å². The van der Waals surface area contributed by atoms with Crippen LogP contribution in [-0.4, -0.2) is 53.4 Å². The van der Waals surface area contributed by atoms with E-state index in [4.69, 9.17) is 15.6 Å². The molecular formula is C12H22N2O3. The minimum absolute atomic E-state index is 0.0374. The minimum Gasteiger partial charge on any atom is -0.394 e. The van der Waals surface area contributed by atoms with Gasteiger partial charge in [0.05, 0.1) is 25.4 Å². The molecule has 2 unspecified atom stereocenters. The Morgan fingerprint density at radius 2 is 2.29 bits per heavy atom. The molecule has 5 heteroatoms. The van der Waals surface area contributed by atoms with Crippen LogP contribution in [0.1, 0.15) is 32.6 Å². The van der Waals surface area contributed by atoms with Gasteiger partial charge in [0, 0.05) is 18.5 Å². The lowest BCUT2D eigenvalue weighted by Crippen LogP contribution is -2.56. The van der Waals surface area contributed by atoms with E-state index in [1.807, 2.05) is 6.92 Å². The van der Waals surface area contributed by atoms with E-state index in [9.17, 15) is 4.79 Å². The first-order valence-electron chi connectivity index (χ1n) is 6.35. The van der Waals surface area contributed by atoms with Crippen molar-refractivity contribution < 1.29 is 14.6 Å². The number of hydrogen-bond acceptors (Lipinski definition) is 4. The molecule has 98 valence electrons. The van der Waals surface area contributed by atoms with Crippen LogP contribution in [-0.2, 0) is 9.53 Å². The molecule has 1 amide bonds. The SMILES string of the molecule is CC1COC(CO)CN1C(=O)CC1(N)CCC1. The third-order valence-corrected chi connectivity index (χ3v) is 3.88. The van der Waals surface area contributed by atoms with Gasteiger partial charge in [-0.15, -0.1) is 0 Å². The number of nitrogens with two attached hydrogens (primary N) is 1. The summed E-state index contributed by atoms with van der Waals surface area (Å²) in [5.41, 5.74) is 5.82. The van der Waals surface area contributed by atoms with Gasteiger partial charge in [0.15, 0.2) is 0 Å². The topological polar surface area (TPSA) is 75.8 Å². The number of morpholine rings is 1. The van der Waals surface area contributed by atoms with Crippen LogP contribution in [0.2, 0.25) is 0 Å². The number of carbonyl (C=O) groups is 1. The van der Waals surface area contributed by atoms with Crippen LogP contribution in [0.5, 0.6) is 0 Å². The Bertz CT molecular complexity index is 291. The summed E-state index contributed by atoms with van der Waals surface area (Å²) in [6, 6.07) is 0.0778. The van der Waals surface area contributed by atoms with Gasteiger partial charge < -0.3 is 20.5 Å². The number of hydrogen-bond donors (Lipinski definition) is 2. The zero-order valence-corrected chi connectivity index (χ0v) is 10.4. The van der Waals surface area contributed by atoms with E-state index >= 15 is 0 Å². The van der Waals surface area contributed by atoms with Crippen molar-refractivity contribution in [3.8, 4) is 0 Å². The van der Waals surface area contributed by atoms with Crippen molar-refractivity contribution >= 4 is 5.91 Å². The first-order valence-corrected chi connectivity index (χ1v) is 6.35. The molecule has 1 heterocycles. The highest BCUT2D eigenvalue weighted by Crippen LogP contribution is 2.33. The Balaban J connectivity index is 1.92. The fraction of sp³-hybridized carbons (Fsp3) is 0.917. The van der Waals surface area contributed by atoms with E-state index in [0.29, 0.717) is 19.6 Å². The lowest BCUT2D eigenvalue weighted by Gasteiger charge is -2.42. The Morgan fingerprint density at radius 1 is 1.59 bits per heavy atom. The average Bonchev–Trinajstić information content (AvgIpc) is 2.27. The van der Waals surface area contributed by atoms with E-state index < -0.39 is 0 Å². The van der Waals surface area contributed by atoms with Crippen molar-refractivity contribution in [2.75, 3.05) is 19.8 Å². The molecule has 1 saturated heterocycles. The predicted octanol–water partition coefficient (Wildman–Crippen LogP) is -0.134. The maximum Gasteiger partial charge on any atom is 0.224 e. The normalized spacial score (nSPS) is 32.1. The Kier molecular flexibility index (Phi) is 3.70. The summed E-state index contributed by atoms with van der Waals surface area (Å²) in [4.78, 5) is 14.0. The molecule has 0 aromatic heterocycles. The van der Waals surface area contributed by atoms with Crippen LogP contribution >= 0.6 is 0 Å². The first kappa shape index (κ1) is 12.8. The largest absolute Gasteiger partial charge is 0.394 e. The van der Waals surface area contributed by atoms with Gasteiger partial charge in [0.25, 0.3) is 0 Å². The monoisotopic (exact) mass is 242 g/mol. The van der Waals surface area contributed by atoms with E-state index in [1.165, 1.54) is 0 Å². The molecule has 2 fully saturated rings. The number of amides is 1. The summed E-state index contributed by atoms with van der Waals surface area (Å²) in [7, 11) is 0. The maximum absolute atomic E-state index is 12.2. The van der Waals surface area contributed by atoms with E-state index in [-0.39, 0.29) is 30.2 Å². The lowest BCUT2D eigenvalue weighted by molar-refractivity contribution is -0.148. The minimum atomic E-state index is -0.274. The summed E-state index contributed by atoms with van der Waals surface area (Å²) in [6.45, 7) is 2.90. The zero-order valence-electron chi connectivity index (χ0n) is 10.4. The quantitative estimate of drug-likeness (QED) is 0.722. The average molecular weight is 242 g/mol. The molecule has 1 aliphatic carbocycles. The maximum atomic E-state index is 12.2. The van der Waals surface area contributed by atoms with Gasteiger partial charge in [-0.25, -0.2) is 0 Å². The predicted molar refractivity (Wildman–Crippen MR) is 63.4 cm³/mol. The van der Waals surface area contributed by atoms with Crippen LogP contribution in [0.15, 0.2) is 0 Å². The Morgan fingerprint density at radius 3 is 2.82 bits per heavy atom. The molecule has 2 aliphatic rings. The number of ether oxygens (including phenoxy) is 1. The van der Waals surface area contributed by atoms with Gasteiger partial charge >= 0.3 is 0 Å². The smallest absolute Gasteiger partial charge is 0.224 e. The molecule has 1 aliphatic heterocycles. The van der Waals surface area contributed by atoms with Crippen molar-refractivity contribution in [2.24, 2.45) is 5.73 Å². The van der Waals surface area contributed by atoms with Gasteiger partial charge in [-0.1, -0.05) is 0 Å². The van der Waals surface area contributed by atoms with Crippen LogP contribution in [0, 0.1) is 0 Å². The lowest BCUT2D eigenvalue weighted by atomic mass is 9.75. The van der Waals surface area contributed by atoms with Crippen LogP contribution in [0.4, 0.5) is 0 Å². The second-order valence-electron chi connectivity index (χ2n) is 5.43. The molecule has 5 nitrogen and oxygen atoms in total. The Labute approximate surface area is 102 Å². The van der Waals surface area contributed by atoms with Crippen molar-refractivity contribution in [3.05, 3.63) is 0 Å². The molecule has 2 rings (SSSR count). The summed E-state index contributed by atoms with van der Waals surface area (Å²) in [5, 5.41) is 9.08.